The van der Waals surface area contributed by atoms with Gasteiger partial charge >= 0.3 is 0 Å². The molecular formula is C18H20N2O5. The van der Waals surface area contributed by atoms with Gasteiger partial charge < -0.3 is 24.4 Å². The largest absolute Gasteiger partial charge is 0.495 e. The Balaban J connectivity index is 1.92. The Morgan fingerprint density at radius 1 is 1.00 bits per heavy atom. The highest BCUT2D eigenvalue weighted by atomic mass is 16.6. The van der Waals surface area contributed by atoms with E-state index >= 15 is 0 Å². The average Bonchev–Trinajstić information content (AvgIpc) is 2.65. The summed E-state index contributed by atoms with van der Waals surface area (Å²) in [5.74, 6) is 1.34. The fraction of sp³-hybridized carbons (Fsp3) is 0.222. The molecule has 2 aromatic rings. The van der Waals surface area contributed by atoms with E-state index in [-0.39, 0.29) is 12.5 Å². The van der Waals surface area contributed by atoms with Gasteiger partial charge in [-0.25, -0.2) is 0 Å². The van der Waals surface area contributed by atoms with Crippen LogP contribution >= 0.6 is 0 Å². The van der Waals surface area contributed by atoms with Crippen molar-refractivity contribution in [2.75, 3.05) is 33.3 Å². The highest BCUT2D eigenvalue weighted by Crippen LogP contribution is 2.29. The van der Waals surface area contributed by atoms with Crippen molar-refractivity contribution < 1.29 is 23.8 Å². The van der Waals surface area contributed by atoms with Gasteiger partial charge in [0.1, 0.15) is 5.75 Å². The molecule has 0 atom stereocenters. The highest BCUT2D eigenvalue weighted by Gasteiger charge is 2.09. The lowest BCUT2D eigenvalue weighted by atomic mass is 10.2. The third-order valence-electron chi connectivity index (χ3n) is 3.28. The number of amides is 1. The van der Waals surface area contributed by atoms with E-state index in [0.29, 0.717) is 28.5 Å². The summed E-state index contributed by atoms with van der Waals surface area (Å²) in [6, 6.07) is 12.5. The van der Waals surface area contributed by atoms with Crippen LogP contribution in [0.5, 0.6) is 17.2 Å². The molecule has 0 bridgehead atoms. The summed E-state index contributed by atoms with van der Waals surface area (Å²) in [5, 5.41) is 6.49. The summed E-state index contributed by atoms with van der Waals surface area (Å²) in [4.78, 5) is 16.9. The molecule has 0 aliphatic carbocycles. The lowest BCUT2D eigenvalue weighted by Gasteiger charge is -2.10. The van der Waals surface area contributed by atoms with Crippen molar-refractivity contribution in [3.63, 3.8) is 0 Å². The molecule has 0 saturated carbocycles. The maximum absolute atomic E-state index is 11.9. The molecule has 0 aromatic heterocycles. The number of carbonyl (C=O) groups is 1. The first-order chi connectivity index (χ1) is 12.2. The van der Waals surface area contributed by atoms with E-state index in [1.807, 2.05) is 6.07 Å². The van der Waals surface area contributed by atoms with Crippen LogP contribution in [0, 0.1) is 0 Å². The Morgan fingerprint density at radius 2 is 1.72 bits per heavy atom. The molecule has 0 aliphatic rings. The molecule has 0 saturated heterocycles. The second kappa shape index (κ2) is 9.17. The Labute approximate surface area is 146 Å². The second-order valence-corrected chi connectivity index (χ2v) is 4.84. The molecule has 132 valence electrons. The highest BCUT2D eigenvalue weighted by molar-refractivity contribution is 5.93. The van der Waals surface area contributed by atoms with Crippen molar-refractivity contribution in [3.05, 3.63) is 48.0 Å². The van der Waals surface area contributed by atoms with Gasteiger partial charge in [0.2, 0.25) is 0 Å². The predicted octanol–water partition coefficient (Wildman–Crippen LogP) is 2.70. The Bertz CT molecular complexity index is 746. The third kappa shape index (κ3) is 4.87. The van der Waals surface area contributed by atoms with Crippen LogP contribution < -0.4 is 19.5 Å². The van der Waals surface area contributed by atoms with Crippen molar-refractivity contribution in [2.24, 2.45) is 5.16 Å². The van der Waals surface area contributed by atoms with Crippen LogP contribution in [0.25, 0.3) is 0 Å². The first kappa shape index (κ1) is 18.1. The van der Waals surface area contributed by atoms with Gasteiger partial charge in [0.25, 0.3) is 5.91 Å². The van der Waals surface area contributed by atoms with Crippen LogP contribution in [0.4, 0.5) is 5.69 Å². The van der Waals surface area contributed by atoms with E-state index in [1.165, 1.54) is 20.4 Å². The fourth-order valence-electron chi connectivity index (χ4n) is 2.14. The van der Waals surface area contributed by atoms with Crippen LogP contribution in [0.3, 0.4) is 0 Å². The molecule has 0 aliphatic heterocycles. The summed E-state index contributed by atoms with van der Waals surface area (Å²) in [7, 11) is 4.63. The zero-order chi connectivity index (χ0) is 18.1. The molecule has 7 heteroatoms. The van der Waals surface area contributed by atoms with Gasteiger partial charge in [0, 0.05) is 5.56 Å². The molecule has 25 heavy (non-hydrogen) atoms. The predicted molar refractivity (Wildman–Crippen MR) is 94.7 cm³/mol. The molecule has 1 amide bonds. The lowest BCUT2D eigenvalue weighted by molar-refractivity contribution is -0.120. The Kier molecular flexibility index (Phi) is 6.65. The number of nitrogens with zero attached hydrogens (tertiary/aromatic N) is 1. The monoisotopic (exact) mass is 344 g/mol. The quantitative estimate of drug-likeness (QED) is 0.588. The molecule has 0 radical (unpaired) electrons. The smallest absolute Gasteiger partial charge is 0.265 e. The molecule has 7 nitrogen and oxygen atoms in total. The van der Waals surface area contributed by atoms with E-state index in [1.54, 1.807) is 43.5 Å². The van der Waals surface area contributed by atoms with Gasteiger partial charge in [0.05, 0.1) is 33.2 Å². The third-order valence-corrected chi connectivity index (χ3v) is 3.28. The molecule has 2 rings (SSSR count). The zero-order valence-corrected chi connectivity index (χ0v) is 14.3. The van der Waals surface area contributed by atoms with Gasteiger partial charge in [-0.2, -0.15) is 0 Å². The Hall–Kier alpha value is -3.22. The number of carbonyl (C=O) groups excluding carboxylic acids is 1. The van der Waals surface area contributed by atoms with Crippen molar-refractivity contribution in [1.29, 1.82) is 0 Å². The average molecular weight is 344 g/mol. The van der Waals surface area contributed by atoms with Crippen LogP contribution in [0.1, 0.15) is 5.56 Å². The van der Waals surface area contributed by atoms with Crippen LogP contribution in [-0.4, -0.2) is 40.1 Å². The van der Waals surface area contributed by atoms with Gasteiger partial charge in [-0.05, 0) is 24.3 Å². The van der Waals surface area contributed by atoms with E-state index < -0.39 is 0 Å². The van der Waals surface area contributed by atoms with Gasteiger partial charge in [-0.1, -0.05) is 23.4 Å². The molecule has 2 aromatic carbocycles. The molecule has 0 unspecified atom stereocenters. The standard InChI is InChI=1S/C18H20N2O5/c1-22-15-9-5-4-8-14(15)20-17(21)12-25-19-11-13-7-6-10-16(23-2)18(13)24-3/h4-11H,12H2,1-3H3,(H,20,21)/b19-11-. The Morgan fingerprint density at radius 3 is 2.44 bits per heavy atom. The molecule has 0 fully saturated rings. The number of nitrogens with one attached hydrogen (secondary N) is 1. The van der Waals surface area contributed by atoms with Crippen molar-refractivity contribution >= 4 is 17.8 Å². The van der Waals surface area contributed by atoms with Crippen molar-refractivity contribution in [2.45, 2.75) is 0 Å². The number of benzene rings is 2. The first-order valence-electron chi connectivity index (χ1n) is 7.48. The van der Waals surface area contributed by atoms with E-state index in [2.05, 4.69) is 10.5 Å². The number of hydrogen-bond acceptors (Lipinski definition) is 6. The number of anilines is 1. The minimum absolute atomic E-state index is 0.235. The number of methoxy groups -OCH3 is 3. The van der Waals surface area contributed by atoms with Crippen LogP contribution in [-0.2, 0) is 9.63 Å². The molecule has 0 heterocycles. The van der Waals surface area contributed by atoms with Crippen molar-refractivity contribution in [3.8, 4) is 17.2 Å². The van der Waals surface area contributed by atoms with Crippen LogP contribution in [0.15, 0.2) is 47.6 Å². The minimum atomic E-state index is -0.348. The van der Waals surface area contributed by atoms with Gasteiger partial charge in [-0.3, -0.25) is 4.79 Å². The molecular weight excluding hydrogens is 324 g/mol. The lowest BCUT2D eigenvalue weighted by Crippen LogP contribution is -2.17. The van der Waals surface area contributed by atoms with Gasteiger partial charge in [-0.15, -0.1) is 0 Å². The van der Waals surface area contributed by atoms with Crippen LogP contribution in [0.2, 0.25) is 0 Å². The molecule has 1 N–H and O–H groups in total. The normalized spacial score (nSPS) is 10.4. The maximum Gasteiger partial charge on any atom is 0.265 e. The van der Waals surface area contributed by atoms with Crippen molar-refractivity contribution in [1.82, 2.24) is 0 Å². The molecule has 0 spiro atoms. The van der Waals surface area contributed by atoms with E-state index in [9.17, 15) is 4.79 Å². The number of ether oxygens (including phenoxy) is 3. The number of para-hydroxylation sites is 3. The zero-order valence-electron chi connectivity index (χ0n) is 14.3. The summed E-state index contributed by atoms with van der Waals surface area (Å²) in [6.07, 6.45) is 1.46. The van der Waals surface area contributed by atoms with E-state index in [0.717, 1.165) is 0 Å². The second-order valence-electron chi connectivity index (χ2n) is 4.84. The summed E-state index contributed by atoms with van der Waals surface area (Å²) < 4.78 is 15.7. The summed E-state index contributed by atoms with van der Waals surface area (Å²) in [5.41, 5.74) is 1.24. The number of rotatable bonds is 8. The topological polar surface area (TPSA) is 78.4 Å². The minimum Gasteiger partial charge on any atom is -0.495 e. The number of hydrogen-bond donors (Lipinski definition) is 1. The SMILES string of the molecule is COc1ccccc1NC(=O)CO/N=C\c1cccc(OC)c1OC. The van der Waals surface area contributed by atoms with Gasteiger partial charge in [0.15, 0.2) is 18.1 Å². The first-order valence-corrected chi connectivity index (χ1v) is 7.48. The summed E-state index contributed by atoms with van der Waals surface area (Å²) in [6.45, 7) is -0.235. The maximum atomic E-state index is 11.9. The number of oxime groups is 1. The van der Waals surface area contributed by atoms with E-state index in [4.69, 9.17) is 19.0 Å². The summed E-state index contributed by atoms with van der Waals surface area (Å²) >= 11 is 0. The fourth-order valence-corrected chi connectivity index (χ4v) is 2.14.